The van der Waals surface area contributed by atoms with Gasteiger partial charge in [0.1, 0.15) is 0 Å². The van der Waals surface area contributed by atoms with Crippen LogP contribution in [0.5, 0.6) is 0 Å². The van der Waals surface area contributed by atoms with Crippen molar-refractivity contribution in [3.8, 4) is 0 Å². The van der Waals surface area contributed by atoms with Crippen LogP contribution in [-0.4, -0.2) is 46.4 Å². The van der Waals surface area contributed by atoms with Gasteiger partial charge in [0.2, 0.25) is 0 Å². The summed E-state index contributed by atoms with van der Waals surface area (Å²) in [6, 6.07) is 0.388. The van der Waals surface area contributed by atoms with Crippen molar-refractivity contribution >= 4 is 12.2 Å². The van der Waals surface area contributed by atoms with Crippen LogP contribution in [-0.2, 0) is 6.54 Å². The fourth-order valence-electron chi connectivity index (χ4n) is 3.58. The van der Waals surface area contributed by atoms with Crippen LogP contribution in [0.3, 0.4) is 0 Å². The summed E-state index contributed by atoms with van der Waals surface area (Å²) in [5, 5.41) is 10.3. The largest absolute Gasteiger partial charge is 0.338 e. The number of carbonyl (C=O) groups excluding carboxylic acids is 1. The van der Waals surface area contributed by atoms with Crippen molar-refractivity contribution in [1.29, 1.82) is 0 Å². The molecule has 1 aliphatic carbocycles. The van der Waals surface area contributed by atoms with Crippen LogP contribution in [0.25, 0.3) is 6.20 Å². The molecule has 1 atom stereocenters. The molecule has 0 bridgehead atoms. The third-order valence-corrected chi connectivity index (χ3v) is 4.86. The second-order valence-electron chi connectivity index (χ2n) is 6.74. The lowest BCUT2D eigenvalue weighted by molar-refractivity contribution is 0.234. The van der Waals surface area contributed by atoms with Gasteiger partial charge >= 0.3 is 6.03 Å². The first kappa shape index (κ1) is 16.1. The number of nitrogens with one attached hydrogen (secondary N) is 2. The maximum Gasteiger partial charge on any atom is 0.315 e. The molecular formula is C17H27N5O. The molecule has 6 nitrogen and oxygen atoms in total. The number of rotatable bonds is 6. The molecule has 2 N–H and O–H groups in total. The molecule has 1 aromatic heterocycles. The van der Waals surface area contributed by atoms with Gasteiger partial charge in [0.25, 0.3) is 0 Å². The van der Waals surface area contributed by atoms with E-state index in [0.29, 0.717) is 12.0 Å². The molecule has 0 aromatic carbocycles. The Morgan fingerprint density at radius 3 is 2.96 bits per heavy atom. The SMILES string of the molecule is C=Cn1cc(CN2CCC(CNC(=O)NC3CCCC3)C2)cn1. The Labute approximate surface area is 137 Å². The van der Waals surface area contributed by atoms with Crippen molar-refractivity contribution in [3.05, 3.63) is 24.5 Å². The number of aromatic nitrogens is 2. The van der Waals surface area contributed by atoms with Crippen LogP contribution in [0.1, 0.15) is 37.7 Å². The molecule has 126 valence electrons. The molecule has 3 rings (SSSR count). The third kappa shape index (κ3) is 4.58. The van der Waals surface area contributed by atoms with Gasteiger partial charge in [-0.2, -0.15) is 5.10 Å². The van der Waals surface area contributed by atoms with Crippen LogP contribution < -0.4 is 10.6 Å². The number of hydrogen-bond donors (Lipinski definition) is 2. The summed E-state index contributed by atoms with van der Waals surface area (Å²) in [4.78, 5) is 14.3. The minimum Gasteiger partial charge on any atom is -0.338 e. The van der Waals surface area contributed by atoms with E-state index in [4.69, 9.17) is 0 Å². The molecule has 2 heterocycles. The normalized spacial score (nSPS) is 22.3. The lowest BCUT2D eigenvalue weighted by Gasteiger charge is -2.17. The minimum absolute atomic E-state index is 0.00242. The van der Waals surface area contributed by atoms with Crippen molar-refractivity contribution in [2.24, 2.45) is 5.92 Å². The third-order valence-electron chi connectivity index (χ3n) is 4.86. The van der Waals surface area contributed by atoms with E-state index in [1.807, 2.05) is 12.4 Å². The molecule has 0 radical (unpaired) electrons. The van der Waals surface area contributed by atoms with Gasteiger partial charge < -0.3 is 10.6 Å². The highest BCUT2D eigenvalue weighted by atomic mass is 16.2. The van der Waals surface area contributed by atoms with E-state index in [0.717, 1.165) is 45.4 Å². The van der Waals surface area contributed by atoms with Crippen LogP contribution in [0, 0.1) is 5.92 Å². The van der Waals surface area contributed by atoms with Crippen LogP contribution in [0.15, 0.2) is 19.0 Å². The van der Waals surface area contributed by atoms with E-state index in [1.54, 1.807) is 10.9 Å². The maximum atomic E-state index is 11.9. The van der Waals surface area contributed by atoms with E-state index in [-0.39, 0.29) is 6.03 Å². The van der Waals surface area contributed by atoms with E-state index < -0.39 is 0 Å². The van der Waals surface area contributed by atoms with Crippen molar-refractivity contribution in [1.82, 2.24) is 25.3 Å². The van der Waals surface area contributed by atoms with Crippen molar-refractivity contribution in [2.75, 3.05) is 19.6 Å². The van der Waals surface area contributed by atoms with Crippen molar-refractivity contribution in [3.63, 3.8) is 0 Å². The Bertz CT molecular complexity index is 535. The highest BCUT2D eigenvalue weighted by molar-refractivity contribution is 5.74. The maximum absolute atomic E-state index is 11.9. The predicted molar refractivity (Wildman–Crippen MR) is 90.8 cm³/mol. The molecule has 2 amide bonds. The number of nitrogens with zero attached hydrogens (tertiary/aromatic N) is 3. The standard InChI is InChI=1S/C17H27N5O/c1-2-22-13-15(10-19-22)12-21-8-7-14(11-21)9-18-17(23)20-16-5-3-4-6-16/h2,10,13-14,16H,1,3-9,11-12H2,(H2,18,20,23). The van der Waals surface area contributed by atoms with E-state index >= 15 is 0 Å². The second kappa shape index (κ2) is 7.64. The number of amides is 2. The highest BCUT2D eigenvalue weighted by Gasteiger charge is 2.24. The van der Waals surface area contributed by atoms with Gasteiger partial charge in [0.05, 0.1) is 6.20 Å². The first-order valence-electron chi connectivity index (χ1n) is 8.65. The molecule has 2 fully saturated rings. The minimum atomic E-state index is 0.00242. The van der Waals surface area contributed by atoms with Gasteiger partial charge in [-0.3, -0.25) is 4.90 Å². The zero-order chi connectivity index (χ0) is 16.1. The Hall–Kier alpha value is -1.82. The van der Waals surface area contributed by atoms with E-state index in [9.17, 15) is 4.79 Å². The summed E-state index contributed by atoms with van der Waals surface area (Å²) in [6.45, 7) is 7.50. The van der Waals surface area contributed by atoms with Crippen molar-refractivity contribution < 1.29 is 4.79 Å². The van der Waals surface area contributed by atoms with Gasteiger partial charge in [-0.1, -0.05) is 19.4 Å². The monoisotopic (exact) mass is 317 g/mol. The molecule has 1 saturated carbocycles. The summed E-state index contributed by atoms with van der Waals surface area (Å²) in [6.07, 6.45) is 11.5. The number of urea groups is 1. The lowest BCUT2D eigenvalue weighted by Crippen LogP contribution is -2.42. The highest BCUT2D eigenvalue weighted by Crippen LogP contribution is 2.19. The molecule has 1 aromatic rings. The molecule has 1 saturated heterocycles. The van der Waals surface area contributed by atoms with E-state index in [2.05, 4.69) is 27.2 Å². The molecule has 6 heteroatoms. The fraction of sp³-hybridized carbons (Fsp3) is 0.647. The summed E-state index contributed by atoms with van der Waals surface area (Å²) in [5.41, 5.74) is 1.21. The summed E-state index contributed by atoms with van der Waals surface area (Å²) < 4.78 is 1.73. The summed E-state index contributed by atoms with van der Waals surface area (Å²) in [5.74, 6) is 0.541. The number of likely N-dealkylation sites (tertiary alicyclic amines) is 1. The predicted octanol–water partition coefficient (Wildman–Crippen LogP) is 2.05. The molecule has 23 heavy (non-hydrogen) atoms. The lowest BCUT2D eigenvalue weighted by atomic mass is 10.1. The van der Waals surface area contributed by atoms with Crippen LogP contribution in [0.4, 0.5) is 4.79 Å². The smallest absolute Gasteiger partial charge is 0.315 e. The fourth-order valence-corrected chi connectivity index (χ4v) is 3.58. The van der Waals surface area contributed by atoms with Crippen LogP contribution >= 0.6 is 0 Å². The van der Waals surface area contributed by atoms with Gasteiger partial charge in [-0.05, 0) is 31.7 Å². The van der Waals surface area contributed by atoms with Gasteiger partial charge in [0, 0.05) is 43.6 Å². The van der Waals surface area contributed by atoms with Gasteiger partial charge in [-0.25, -0.2) is 9.48 Å². The average molecular weight is 317 g/mol. The number of carbonyl (C=O) groups is 1. The van der Waals surface area contributed by atoms with Gasteiger partial charge in [0.15, 0.2) is 0 Å². The Morgan fingerprint density at radius 1 is 1.39 bits per heavy atom. The molecule has 0 spiro atoms. The van der Waals surface area contributed by atoms with Crippen LogP contribution in [0.2, 0.25) is 0 Å². The first-order valence-corrected chi connectivity index (χ1v) is 8.65. The molecular weight excluding hydrogens is 290 g/mol. The molecule has 1 aliphatic heterocycles. The Kier molecular flexibility index (Phi) is 5.33. The zero-order valence-electron chi connectivity index (χ0n) is 13.7. The first-order chi connectivity index (χ1) is 11.2. The second-order valence-corrected chi connectivity index (χ2v) is 6.74. The summed E-state index contributed by atoms with van der Waals surface area (Å²) >= 11 is 0. The van der Waals surface area contributed by atoms with E-state index in [1.165, 1.54) is 18.4 Å². The average Bonchev–Trinajstić information content (AvgIpc) is 3.27. The Balaban J connectivity index is 1.36. The topological polar surface area (TPSA) is 62.2 Å². The molecule has 1 unspecified atom stereocenters. The quantitative estimate of drug-likeness (QED) is 0.844. The number of hydrogen-bond acceptors (Lipinski definition) is 3. The molecule has 2 aliphatic rings. The van der Waals surface area contributed by atoms with Gasteiger partial charge in [-0.15, -0.1) is 0 Å². The Morgan fingerprint density at radius 2 is 2.22 bits per heavy atom. The zero-order valence-corrected chi connectivity index (χ0v) is 13.7. The van der Waals surface area contributed by atoms with Crippen molar-refractivity contribution in [2.45, 2.75) is 44.7 Å². The summed E-state index contributed by atoms with van der Waals surface area (Å²) in [7, 11) is 0.